The highest BCUT2D eigenvalue weighted by Crippen LogP contribution is 2.21. The Hall–Kier alpha value is -1.50. The van der Waals surface area contributed by atoms with Crippen molar-refractivity contribution in [3.8, 4) is 0 Å². The summed E-state index contributed by atoms with van der Waals surface area (Å²) in [7, 11) is 0. The van der Waals surface area contributed by atoms with Gasteiger partial charge >= 0.3 is 0 Å². The van der Waals surface area contributed by atoms with Crippen molar-refractivity contribution in [1.29, 1.82) is 0 Å². The van der Waals surface area contributed by atoms with Gasteiger partial charge in [-0.15, -0.1) is 0 Å². The van der Waals surface area contributed by atoms with Gasteiger partial charge in [-0.3, -0.25) is 10.1 Å². The SMILES string of the molecule is O=[N+]([O-])c1cc(Br)cc(CNCc2ccc(F)c(Cl)c2)c1. The number of rotatable bonds is 5. The maximum absolute atomic E-state index is 13.0. The molecular weight excluding hydrogens is 363 g/mol. The topological polar surface area (TPSA) is 55.2 Å². The lowest BCUT2D eigenvalue weighted by molar-refractivity contribution is -0.385. The summed E-state index contributed by atoms with van der Waals surface area (Å²) in [5, 5.41) is 14.0. The second-order valence-corrected chi connectivity index (χ2v) is 5.75. The molecule has 0 fully saturated rings. The number of hydrogen-bond acceptors (Lipinski definition) is 3. The summed E-state index contributed by atoms with van der Waals surface area (Å²) in [5.41, 5.74) is 1.65. The maximum Gasteiger partial charge on any atom is 0.270 e. The predicted octanol–water partition coefficient (Wildman–Crippen LogP) is 4.44. The molecule has 0 saturated heterocycles. The monoisotopic (exact) mass is 372 g/mol. The lowest BCUT2D eigenvalue weighted by Gasteiger charge is -2.06. The summed E-state index contributed by atoms with van der Waals surface area (Å²) in [5.74, 6) is -0.456. The van der Waals surface area contributed by atoms with E-state index in [1.54, 1.807) is 18.2 Å². The van der Waals surface area contributed by atoms with Crippen LogP contribution in [0.2, 0.25) is 5.02 Å². The highest BCUT2D eigenvalue weighted by atomic mass is 79.9. The van der Waals surface area contributed by atoms with Crippen molar-refractivity contribution in [3.05, 3.63) is 73.0 Å². The zero-order valence-electron chi connectivity index (χ0n) is 10.8. The maximum atomic E-state index is 13.0. The van der Waals surface area contributed by atoms with Crippen LogP contribution >= 0.6 is 27.5 Å². The van der Waals surface area contributed by atoms with Gasteiger partial charge in [0.1, 0.15) is 5.82 Å². The van der Waals surface area contributed by atoms with Gasteiger partial charge in [0.15, 0.2) is 0 Å². The smallest absolute Gasteiger partial charge is 0.270 e. The Labute approximate surface area is 134 Å². The fraction of sp³-hybridized carbons (Fsp3) is 0.143. The van der Waals surface area contributed by atoms with Crippen LogP contribution in [0.5, 0.6) is 0 Å². The van der Waals surface area contributed by atoms with Gasteiger partial charge in [-0.2, -0.15) is 0 Å². The number of nitro groups is 1. The van der Waals surface area contributed by atoms with Gasteiger partial charge in [-0.25, -0.2) is 4.39 Å². The molecule has 0 heterocycles. The van der Waals surface area contributed by atoms with Crippen LogP contribution in [-0.4, -0.2) is 4.92 Å². The summed E-state index contributed by atoms with van der Waals surface area (Å²) in [6.07, 6.45) is 0. The van der Waals surface area contributed by atoms with Crippen LogP contribution in [0.4, 0.5) is 10.1 Å². The van der Waals surface area contributed by atoms with Gasteiger partial charge in [-0.1, -0.05) is 33.6 Å². The normalized spacial score (nSPS) is 10.6. The first-order valence-corrected chi connectivity index (χ1v) is 7.21. The van der Waals surface area contributed by atoms with Crippen molar-refractivity contribution in [2.75, 3.05) is 0 Å². The van der Waals surface area contributed by atoms with Gasteiger partial charge in [0.25, 0.3) is 5.69 Å². The minimum atomic E-state index is -0.456. The molecule has 110 valence electrons. The summed E-state index contributed by atoms with van der Waals surface area (Å²) < 4.78 is 13.7. The third-order valence-corrected chi connectivity index (χ3v) is 3.54. The molecule has 7 heteroatoms. The van der Waals surface area contributed by atoms with E-state index in [0.29, 0.717) is 17.6 Å². The molecule has 0 unspecified atom stereocenters. The van der Waals surface area contributed by atoms with Crippen LogP contribution in [0.3, 0.4) is 0 Å². The second kappa shape index (κ2) is 6.98. The summed E-state index contributed by atoms with van der Waals surface area (Å²) in [4.78, 5) is 10.3. The first-order valence-electron chi connectivity index (χ1n) is 6.04. The first kappa shape index (κ1) is 15.9. The third-order valence-electron chi connectivity index (χ3n) is 2.80. The zero-order chi connectivity index (χ0) is 15.4. The van der Waals surface area contributed by atoms with E-state index in [2.05, 4.69) is 21.2 Å². The van der Waals surface area contributed by atoms with E-state index >= 15 is 0 Å². The molecule has 0 aromatic heterocycles. The van der Waals surface area contributed by atoms with Gasteiger partial charge in [-0.05, 0) is 29.3 Å². The number of non-ortho nitro benzene ring substituents is 1. The van der Waals surface area contributed by atoms with E-state index in [0.717, 1.165) is 11.1 Å². The Bertz CT molecular complexity index is 682. The molecule has 2 rings (SSSR count). The number of hydrogen-bond donors (Lipinski definition) is 1. The van der Waals surface area contributed by atoms with Crippen molar-refractivity contribution in [2.24, 2.45) is 0 Å². The number of nitrogens with one attached hydrogen (secondary N) is 1. The average Bonchev–Trinajstić information content (AvgIpc) is 2.42. The zero-order valence-corrected chi connectivity index (χ0v) is 13.1. The molecule has 0 amide bonds. The molecule has 0 aliphatic rings. The standard InChI is InChI=1S/C14H11BrClFN2O2/c15-11-3-10(4-12(6-11)19(20)21)8-18-7-9-1-2-14(17)13(16)5-9/h1-6,18H,7-8H2. The molecule has 0 radical (unpaired) electrons. The van der Waals surface area contributed by atoms with Crippen LogP contribution < -0.4 is 5.32 Å². The van der Waals surface area contributed by atoms with Crippen LogP contribution in [-0.2, 0) is 13.1 Å². The molecule has 0 aliphatic heterocycles. The van der Waals surface area contributed by atoms with Gasteiger partial charge in [0.05, 0.1) is 9.95 Å². The van der Waals surface area contributed by atoms with E-state index in [4.69, 9.17) is 11.6 Å². The van der Waals surface area contributed by atoms with Crippen LogP contribution in [0.15, 0.2) is 40.9 Å². The molecule has 2 aromatic carbocycles. The van der Waals surface area contributed by atoms with E-state index in [1.807, 2.05) is 0 Å². The summed E-state index contributed by atoms with van der Waals surface area (Å²) in [6, 6.07) is 9.25. The Morgan fingerprint density at radius 3 is 2.57 bits per heavy atom. The van der Waals surface area contributed by atoms with Gasteiger partial charge in [0, 0.05) is 29.7 Å². The second-order valence-electron chi connectivity index (χ2n) is 4.43. The Balaban J connectivity index is 2.00. The number of halogens is 3. The van der Waals surface area contributed by atoms with Crippen molar-refractivity contribution in [1.82, 2.24) is 5.32 Å². The molecule has 0 atom stereocenters. The van der Waals surface area contributed by atoms with Crippen LogP contribution in [0.1, 0.15) is 11.1 Å². The lowest BCUT2D eigenvalue weighted by atomic mass is 10.2. The molecule has 4 nitrogen and oxygen atoms in total. The predicted molar refractivity (Wildman–Crippen MR) is 82.8 cm³/mol. The van der Waals surface area contributed by atoms with E-state index in [-0.39, 0.29) is 10.7 Å². The Morgan fingerprint density at radius 1 is 1.19 bits per heavy atom. The van der Waals surface area contributed by atoms with Gasteiger partial charge < -0.3 is 5.32 Å². The molecule has 1 N–H and O–H groups in total. The third kappa shape index (κ3) is 4.49. The molecule has 0 aliphatic carbocycles. The van der Waals surface area contributed by atoms with Crippen LogP contribution in [0, 0.1) is 15.9 Å². The van der Waals surface area contributed by atoms with E-state index in [9.17, 15) is 14.5 Å². The fourth-order valence-corrected chi connectivity index (χ4v) is 2.57. The molecule has 0 bridgehead atoms. The Morgan fingerprint density at radius 2 is 1.90 bits per heavy atom. The minimum Gasteiger partial charge on any atom is -0.309 e. The highest BCUT2D eigenvalue weighted by molar-refractivity contribution is 9.10. The van der Waals surface area contributed by atoms with Gasteiger partial charge in [0.2, 0.25) is 0 Å². The molecule has 21 heavy (non-hydrogen) atoms. The largest absolute Gasteiger partial charge is 0.309 e. The van der Waals surface area contributed by atoms with E-state index in [1.165, 1.54) is 18.2 Å². The molecular formula is C14H11BrClFN2O2. The van der Waals surface area contributed by atoms with Crippen molar-refractivity contribution in [3.63, 3.8) is 0 Å². The highest BCUT2D eigenvalue weighted by Gasteiger charge is 2.08. The minimum absolute atomic E-state index is 0.0333. The van der Waals surface area contributed by atoms with Crippen molar-refractivity contribution in [2.45, 2.75) is 13.1 Å². The van der Waals surface area contributed by atoms with E-state index < -0.39 is 10.7 Å². The van der Waals surface area contributed by atoms with Crippen LogP contribution in [0.25, 0.3) is 0 Å². The quantitative estimate of drug-likeness (QED) is 0.623. The number of benzene rings is 2. The molecule has 0 saturated carbocycles. The summed E-state index contributed by atoms with van der Waals surface area (Å²) in [6.45, 7) is 0.940. The van der Waals surface area contributed by atoms with Crippen molar-refractivity contribution >= 4 is 33.2 Å². The average molecular weight is 374 g/mol. The molecule has 0 spiro atoms. The Kier molecular flexibility index (Phi) is 5.27. The lowest BCUT2D eigenvalue weighted by Crippen LogP contribution is -2.13. The number of nitro benzene ring substituents is 1. The molecule has 2 aromatic rings. The first-order chi connectivity index (χ1) is 9.95. The number of nitrogens with zero attached hydrogens (tertiary/aromatic N) is 1. The van der Waals surface area contributed by atoms with Crippen molar-refractivity contribution < 1.29 is 9.31 Å². The summed E-state index contributed by atoms with van der Waals surface area (Å²) >= 11 is 8.95. The fourth-order valence-electron chi connectivity index (χ4n) is 1.84.